The molecule has 0 fully saturated rings. The Hall–Kier alpha value is -3.15. The summed E-state index contributed by atoms with van der Waals surface area (Å²) >= 11 is 0. The zero-order valence-corrected chi connectivity index (χ0v) is 15.7. The molecule has 140 valence electrons. The smallest absolute Gasteiger partial charge is 0.418 e. The number of nitrogens with zero attached hydrogens (tertiary/aromatic N) is 2. The molecule has 27 heavy (non-hydrogen) atoms. The van der Waals surface area contributed by atoms with Gasteiger partial charge in [0.25, 0.3) is 0 Å². The van der Waals surface area contributed by atoms with E-state index in [1.807, 2.05) is 0 Å². The molecular formula is C21H21FN2O3. The van der Waals surface area contributed by atoms with Crippen molar-refractivity contribution in [3.63, 3.8) is 0 Å². The first-order valence-corrected chi connectivity index (χ1v) is 8.49. The summed E-state index contributed by atoms with van der Waals surface area (Å²) in [4.78, 5) is 16.3. The molecule has 0 unspecified atom stereocenters. The highest BCUT2D eigenvalue weighted by molar-refractivity contribution is 5.80. The van der Waals surface area contributed by atoms with Gasteiger partial charge in [0.2, 0.25) is 5.95 Å². The number of rotatable bonds is 3. The molecular weight excluding hydrogens is 347 g/mol. The van der Waals surface area contributed by atoms with E-state index in [0.29, 0.717) is 28.1 Å². The van der Waals surface area contributed by atoms with Crippen LogP contribution < -0.4 is 4.74 Å². The molecule has 0 aliphatic heterocycles. The summed E-state index contributed by atoms with van der Waals surface area (Å²) in [5.74, 6) is 0.0985. The highest BCUT2D eigenvalue weighted by Crippen LogP contribution is 2.29. The molecule has 6 heteroatoms. The number of aromatic nitrogens is 2. The van der Waals surface area contributed by atoms with Crippen molar-refractivity contribution < 1.29 is 18.7 Å². The predicted molar refractivity (Wildman–Crippen MR) is 101 cm³/mol. The van der Waals surface area contributed by atoms with Crippen molar-refractivity contribution in [1.29, 1.82) is 0 Å². The predicted octanol–water partition coefficient (Wildman–Crippen LogP) is 5.15. The van der Waals surface area contributed by atoms with Crippen molar-refractivity contribution in [2.24, 2.45) is 0 Å². The van der Waals surface area contributed by atoms with Crippen LogP contribution in [0.15, 0.2) is 54.9 Å². The molecule has 0 spiro atoms. The Bertz CT molecular complexity index is 956. The topological polar surface area (TPSA) is 53.4 Å². The van der Waals surface area contributed by atoms with Crippen molar-refractivity contribution in [2.75, 3.05) is 7.11 Å². The number of methoxy groups -OCH3 is 1. The first kappa shape index (κ1) is 18.6. The average Bonchev–Trinajstić information content (AvgIpc) is 3.11. The van der Waals surface area contributed by atoms with Gasteiger partial charge in [0, 0.05) is 23.5 Å². The third-order valence-electron chi connectivity index (χ3n) is 3.87. The number of pyridine rings is 1. The number of hydrogen-bond donors (Lipinski definition) is 0. The summed E-state index contributed by atoms with van der Waals surface area (Å²) in [6, 6.07) is 12.2. The molecule has 0 aliphatic carbocycles. The third-order valence-corrected chi connectivity index (χ3v) is 3.87. The maximum absolute atomic E-state index is 14.3. The molecule has 0 aliphatic rings. The maximum Gasteiger partial charge on any atom is 0.418 e. The van der Waals surface area contributed by atoms with Gasteiger partial charge in [-0.1, -0.05) is 12.1 Å². The van der Waals surface area contributed by atoms with Crippen LogP contribution >= 0.6 is 0 Å². The minimum absolute atomic E-state index is 0.340. The fourth-order valence-corrected chi connectivity index (χ4v) is 2.65. The van der Waals surface area contributed by atoms with Gasteiger partial charge in [-0.3, -0.25) is 4.57 Å². The zero-order valence-electron chi connectivity index (χ0n) is 15.7. The summed E-state index contributed by atoms with van der Waals surface area (Å²) < 4.78 is 26.3. The Kier molecular flexibility index (Phi) is 4.99. The number of benzene rings is 1. The normalized spacial score (nSPS) is 11.3. The van der Waals surface area contributed by atoms with Gasteiger partial charge in [-0.2, -0.15) is 4.39 Å². The number of carbonyl (C=O) groups is 1. The van der Waals surface area contributed by atoms with Gasteiger partial charge in [-0.25, -0.2) is 9.78 Å². The van der Waals surface area contributed by atoms with E-state index in [1.54, 1.807) is 76.5 Å². The number of ether oxygens (including phenoxy) is 2. The van der Waals surface area contributed by atoms with Gasteiger partial charge in [0.1, 0.15) is 11.4 Å². The molecule has 2 heterocycles. The summed E-state index contributed by atoms with van der Waals surface area (Å²) in [6.45, 7) is 5.40. The van der Waals surface area contributed by atoms with Crippen molar-refractivity contribution in [3.05, 3.63) is 60.8 Å². The van der Waals surface area contributed by atoms with E-state index in [2.05, 4.69) is 4.98 Å². The lowest BCUT2D eigenvalue weighted by Gasteiger charge is -2.20. The third kappa shape index (κ3) is 4.16. The minimum atomic E-state index is -0.617. The summed E-state index contributed by atoms with van der Waals surface area (Å²) in [7, 11) is 1.57. The van der Waals surface area contributed by atoms with Crippen LogP contribution in [0.25, 0.3) is 22.4 Å². The Labute approximate surface area is 157 Å². The molecule has 0 saturated heterocycles. The maximum atomic E-state index is 14.3. The van der Waals surface area contributed by atoms with E-state index in [4.69, 9.17) is 9.47 Å². The molecule has 0 amide bonds. The Morgan fingerprint density at radius 1 is 1.11 bits per heavy atom. The molecule has 3 rings (SSSR count). The summed E-state index contributed by atoms with van der Waals surface area (Å²) in [5.41, 5.74) is 1.57. The van der Waals surface area contributed by atoms with E-state index in [0.717, 1.165) is 0 Å². The van der Waals surface area contributed by atoms with Crippen LogP contribution in [0.3, 0.4) is 0 Å². The lowest BCUT2D eigenvalue weighted by Crippen LogP contribution is -2.27. The SMILES string of the molecule is COc1ccc(-c2cc(-c3cccn3C(=O)OC(C)(C)C)cnc2F)cc1. The monoisotopic (exact) mass is 368 g/mol. The Balaban J connectivity index is 2.00. The van der Waals surface area contributed by atoms with Crippen LogP contribution in [-0.2, 0) is 4.74 Å². The van der Waals surface area contributed by atoms with Gasteiger partial charge >= 0.3 is 6.09 Å². The molecule has 2 aromatic heterocycles. The van der Waals surface area contributed by atoms with E-state index >= 15 is 0 Å². The molecule has 1 aromatic carbocycles. The van der Waals surface area contributed by atoms with Crippen LogP contribution in [-0.4, -0.2) is 28.4 Å². The first-order chi connectivity index (χ1) is 12.8. The molecule has 5 nitrogen and oxygen atoms in total. The largest absolute Gasteiger partial charge is 0.497 e. The van der Waals surface area contributed by atoms with Gasteiger partial charge < -0.3 is 9.47 Å². The summed E-state index contributed by atoms with van der Waals surface area (Å²) in [6.07, 6.45) is 2.51. The first-order valence-electron chi connectivity index (χ1n) is 8.49. The van der Waals surface area contributed by atoms with E-state index in [1.165, 1.54) is 10.8 Å². The van der Waals surface area contributed by atoms with Crippen LogP contribution in [0.1, 0.15) is 20.8 Å². The molecule has 0 N–H and O–H groups in total. The van der Waals surface area contributed by atoms with E-state index in [-0.39, 0.29) is 0 Å². The second-order valence-corrected chi connectivity index (χ2v) is 7.03. The molecule has 0 bridgehead atoms. The quantitative estimate of drug-likeness (QED) is 0.600. The Morgan fingerprint density at radius 3 is 2.44 bits per heavy atom. The number of carbonyl (C=O) groups excluding carboxylic acids is 1. The summed E-state index contributed by atoms with van der Waals surface area (Å²) in [5, 5.41) is 0. The van der Waals surface area contributed by atoms with Crippen molar-refractivity contribution in [3.8, 4) is 28.1 Å². The van der Waals surface area contributed by atoms with Gasteiger partial charge in [0.15, 0.2) is 0 Å². The number of hydrogen-bond acceptors (Lipinski definition) is 4. The lowest BCUT2D eigenvalue weighted by atomic mass is 10.0. The van der Waals surface area contributed by atoms with Crippen LogP contribution in [0, 0.1) is 5.95 Å². The lowest BCUT2D eigenvalue weighted by molar-refractivity contribution is 0.0540. The van der Waals surface area contributed by atoms with Gasteiger partial charge in [-0.15, -0.1) is 0 Å². The highest BCUT2D eigenvalue weighted by atomic mass is 19.1. The van der Waals surface area contributed by atoms with E-state index < -0.39 is 17.6 Å². The highest BCUT2D eigenvalue weighted by Gasteiger charge is 2.20. The average molecular weight is 368 g/mol. The zero-order chi connectivity index (χ0) is 19.6. The van der Waals surface area contributed by atoms with Gasteiger partial charge in [-0.05, 0) is 56.7 Å². The second kappa shape index (κ2) is 7.23. The minimum Gasteiger partial charge on any atom is -0.497 e. The molecule has 0 atom stereocenters. The van der Waals surface area contributed by atoms with Crippen molar-refractivity contribution >= 4 is 6.09 Å². The fraction of sp³-hybridized carbons (Fsp3) is 0.238. The molecule has 0 radical (unpaired) electrons. The van der Waals surface area contributed by atoms with Crippen molar-refractivity contribution in [1.82, 2.24) is 9.55 Å². The Morgan fingerprint density at radius 2 is 1.81 bits per heavy atom. The van der Waals surface area contributed by atoms with Crippen LogP contribution in [0.2, 0.25) is 0 Å². The van der Waals surface area contributed by atoms with Gasteiger partial charge in [0.05, 0.1) is 12.8 Å². The molecule has 0 saturated carbocycles. The van der Waals surface area contributed by atoms with E-state index in [9.17, 15) is 9.18 Å². The number of halogens is 1. The standard InChI is InChI=1S/C21H21FN2O3/c1-21(2,3)27-20(25)24-11-5-6-18(24)15-12-17(19(22)23-13-15)14-7-9-16(26-4)10-8-14/h5-13H,1-4H3. The van der Waals surface area contributed by atoms with Crippen LogP contribution in [0.5, 0.6) is 5.75 Å². The fourth-order valence-electron chi connectivity index (χ4n) is 2.65. The van der Waals surface area contributed by atoms with Crippen LogP contribution in [0.4, 0.5) is 9.18 Å². The van der Waals surface area contributed by atoms with Crippen molar-refractivity contribution in [2.45, 2.75) is 26.4 Å². The molecule has 3 aromatic rings. The second-order valence-electron chi connectivity index (χ2n) is 7.03.